The summed E-state index contributed by atoms with van der Waals surface area (Å²) in [6, 6.07) is 18.2. The molecule has 2 aromatic carbocycles. The molecular weight excluding hydrogens is 244 g/mol. The molecule has 0 aliphatic carbocycles. The molecular formula is C15H14O2S. The molecule has 2 rings (SSSR count). The summed E-state index contributed by atoms with van der Waals surface area (Å²) < 4.78 is 23.9. The first kappa shape index (κ1) is 12.6. The Labute approximate surface area is 108 Å². The lowest BCUT2D eigenvalue weighted by Gasteiger charge is -1.98. The molecule has 0 N–H and O–H groups in total. The third kappa shape index (κ3) is 3.31. The summed E-state index contributed by atoms with van der Waals surface area (Å²) in [6.45, 7) is 0. The van der Waals surface area contributed by atoms with Gasteiger partial charge >= 0.3 is 0 Å². The first-order valence-electron chi connectivity index (χ1n) is 5.69. The summed E-state index contributed by atoms with van der Waals surface area (Å²) in [6.07, 6.45) is 2.30. The van der Waals surface area contributed by atoms with Crippen molar-refractivity contribution in [3.05, 3.63) is 77.7 Å². The fourth-order valence-corrected chi connectivity index (χ4v) is 2.66. The lowest BCUT2D eigenvalue weighted by atomic mass is 10.2. The Kier molecular flexibility index (Phi) is 3.95. The maximum atomic E-state index is 11.9. The van der Waals surface area contributed by atoms with E-state index in [1.165, 1.54) is 5.41 Å². The summed E-state index contributed by atoms with van der Waals surface area (Å²) in [4.78, 5) is 0.328. The van der Waals surface area contributed by atoms with Gasteiger partial charge in [0.05, 0.1) is 4.90 Å². The van der Waals surface area contributed by atoms with Gasteiger partial charge in [0, 0.05) is 5.41 Å². The average molecular weight is 258 g/mol. The van der Waals surface area contributed by atoms with Gasteiger partial charge in [-0.3, -0.25) is 0 Å². The smallest absolute Gasteiger partial charge is 0.199 e. The lowest BCUT2D eigenvalue weighted by Crippen LogP contribution is -1.95. The molecule has 0 fully saturated rings. The molecule has 0 amide bonds. The van der Waals surface area contributed by atoms with Gasteiger partial charge in [0.15, 0.2) is 9.84 Å². The number of allylic oxidation sites excluding steroid dienone is 1. The highest BCUT2D eigenvalue weighted by Gasteiger charge is 2.08. The molecule has 0 aliphatic heterocycles. The fraction of sp³-hybridized carbons (Fsp3) is 0.0667. The van der Waals surface area contributed by atoms with Crippen LogP contribution >= 0.6 is 0 Å². The van der Waals surface area contributed by atoms with E-state index in [0.29, 0.717) is 11.3 Å². The van der Waals surface area contributed by atoms with Gasteiger partial charge < -0.3 is 0 Å². The van der Waals surface area contributed by atoms with E-state index in [2.05, 4.69) is 0 Å². The van der Waals surface area contributed by atoms with Crippen molar-refractivity contribution >= 4 is 9.84 Å². The zero-order valence-corrected chi connectivity index (χ0v) is 10.7. The van der Waals surface area contributed by atoms with Gasteiger partial charge in [0.25, 0.3) is 0 Å². The summed E-state index contributed by atoms with van der Waals surface area (Å²) in [5.74, 6) is 0. The molecule has 18 heavy (non-hydrogen) atoms. The van der Waals surface area contributed by atoms with Crippen molar-refractivity contribution in [3.63, 3.8) is 0 Å². The summed E-state index contributed by atoms with van der Waals surface area (Å²) in [5.41, 5.74) is 1.09. The molecule has 2 aromatic rings. The average Bonchev–Trinajstić information content (AvgIpc) is 2.41. The van der Waals surface area contributed by atoms with Gasteiger partial charge in [-0.05, 0) is 24.1 Å². The number of sulfone groups is 1. The molecule has 0 spiro atoms. The molecule has 0 heterocycles. The van der Waals surface area contributed by atoms with E-state index in [4.69, 9.17) is 0 Å². The molecule has 0 saturated heterocycles. The Morgan fingerprint density at radius 1 is 0.833 bits per heavy atom. The first-order chi connectivity index (χ1) is 8.68. The minimum absolute atomic E-state index is 0.328. The second-order valence-corrected chi connectivity index (χ2v) is 5.75. The van der Waals surface area contributed by atoms with Crippen molar-refractivity contribution in [1.29, 1.82) is 0 Å². The van der Waals surface area contributed by atoms with Crippen LogP contribution in [0.2, 0.25) is 0 Å². The minimum Gasteiger partial charge on any atom is -0.219 e. The Morgan fingerprint density at radius 2 is 1.39 bits per heavy atom. The Hall–Kier alpha value is -1.87. The summed E-state index contributed by atoms with van der Waals surface area (Å²) >= 11 is 0. The summed E-state index contributed by atoms with van der Waals surface area (Å²) in [7, 11) is -3.31. The summed E-state index contributed by atoms with van der Waals surface area (Å²) in [5, 5.41) is 1.27. The van der Waals surface area contributed by atoms with Crippen LogP contribution in [0.5, 0.6) is 0 Å². The molecule has 0 aliphatic rings. The second-order valence-electron chi connectivity index (χ2n) is 3.92. The zero-order valence-electron chi connectivity index (χ0n) is 9.86. The third-order valence-electron chi connectivity index (χ3n) is 2.54. The maximum Gasteiger partial charge on any atom is 0.199 e. The van der Waals surface area contributed by atoms with E-state index in [0.717, 1.165) is 5.56 Å². The standard InChI is InChI=1S/C15H14O2S/c16-18(17,15-11-5-2-6-12-15)13-7-10-14-8-3-1-4-9-14/h1-9,11-13H,10H2. The van der Waals surface area contributed by atoms with Crippen molar-refractivity contribution in [2.45, 2.75) is 11.3 Å². The van der Waals surface area contributed by atoms with Crippen LogP contribution in [-0.2, 0) is 16.3 Å². The van der Waals surface area contributed by atoms with E-state index in [1.54, 1.807) is 36.4 Å². The van der Waals surface area contributed by atoms with E-state index >= 15 is 0 Å². The zero-order chi connectivity index (χ0) is 12.8. The lowest BCUT2D eigenvalue weighted by molar-refractivity contribution is 0.604. The van der Waals surface area contributed by atoms with Crippen molar-refractivity contribution in [3.8, 4) is 0 Å². The van der Waals surface area contributed by atoms with Gasteiger partial charge in [0.1, 0.15) is 0 Å². The normalized spacial score (nSPS) is 11.8. The van der Waals surface area contributed by atoms with Crippen LogP contribution in [0.3, 0.4) is 0 Å². The minimum atomic E-state index is -3.31. The molecule has 0 unspecified atom stereocenters. The highest BCUT2D eigenvalue weighted by Crippen LogP contribution is 2.11. The molecule has 92 valence electrons. The molecule has 0 atom stereocenters. The van der Waals surface area contributed by atoms with E-state index in [1.807, 2.05) is 30.3 Å². The van der Waals surface area contributed by atoms with E-state index < -0.39 is 9.84 Å². The van der Waals surface area contributed by atoms with Crippen LogP contribution in [0.1, 0.15) is 5.56 Å². The van der Waals surface area contributed by atoms with Crippen molar-refractivity contribution in [2.24, 2.45) is 0 Å². The van der Waals surface area contributed by atoms with Crippen molar-refractivity contribution < 1.29 is 8.42 Å². The topological polar surface area (TPSA) is 34.1 Å². The predicted molar refractivity (Wildman–Crippen MR) is 72.9 cm³/mol. The maximum absolute atomic E-state index is 11.9. The Balaban J connectivity index is 2.10. The van der Waals surface area contributed by atoms with Crippen LogP contribution in [0, 0.1) is 0 Å². The number of benzene rings is 2. The van der Waals surface area contributed by atoms with Gasteiger partial charge in [0.2, 0.25) is 0 Å². The molecule has 0 aromatic heterocycles. The highest BCUT2D eigenvalue weighted by atomic mass is 32.2. The van der Waals surface area contributed by atoms with E-state index in [-0.39, 0.29) is 0 Å². The van der Waals surface area contributed by atoms with Crippen LogP contribution < -0.4 is 0 Å². The number of rotatable bonds is 4. The fourth-order valence-electron chi connectivity index (χ4n) is 1.61. The monoisotopic (exact) mass is 258 g/mol. The van der Waals surface area contributed by atoms with E-state index in [9.17, 15) is 8.42 Å². The number of hydrogen-bond acceptors (Lipinski definition) is 2. The van der Waals surface area contributed by atoms with Gasteiger partial charge in [-0.2, -0.15) is 0 Å². The van der Waals surface area contributed by atoms with Crippen LogP contribution in [0.4, 0.5) is 0 Å². The first-order valence-corrected chi connectivity index (χ1v) is 7.24. The number of hydrogen-bond donors (Lipinski definition) is 0. The second kappa shape index (κ2) is 5.65. The van der Waals surface area contributed by atoms with Crippen LogP contribution in [0.15, 0.2) is 77.0 Å². The largest absolute Gasteiger partial charge is 0.219 e. The predicted octanol–water partition coefficient (Wildman–Crippen LogP) is 3.22. The molecule has 0 bridgehead atoms. The Bertz CT molecular complexity index is 614. The Morgan fingerprint density at radius 3 is 2.00 bits per heavy atom. The van der Waals surface area contributed by atoms with Crippen molar-refractivity contribution in [1.82, 2.24) is 0 Å². The quantitative estimate of drug-likeness (QED) is 0.843. The van der Waals surface area contributed by atoms with Gasteiger partial charge in [-0.1, -0.05) is 54.6 Å². The van der Waals surface area contributed by atoms with Crippen LogP contribution in [-0.4, -0.2) is 8.42 Å². The highest BCUT2D eigenvalue weighted by molar-refractivity contribution is 7.94. The molecule has 3 heteroatoms. The molecule has 0 radical (unpaired) electrons. The van der Waals surface area contributed by atoms with Crippen LogP contribution in [0.25, 0.3) is 0 Å². The SMILES string of the molecule is O=S(=O)(C=CCc1ccccc1)c1ccccc1. The van der Waals surface area contributed by atoms with Crippen molar-refractivity contribution in [2.75, 3.05) is 0 Å². The van der Waals surface area contributed by atoms with Gasteiger partial charge in [-0.25, -0.2) is 8.42 Å². The third-order valence-corrected chi connectivity index (χ3v) is 4.02. The van der Waals surface area contributed by atoms with Gasteiger partial charge in [-0.15, -0.1) is 0 Å². The molecule has 2 nitrogen and oxygen atoms in total. The molecule has 0 saturated carbocycles.